The molecule has 0 radical (unpaired) electrons. The Bertz CT molecular complexity index is 537. The van der Waals surface area contributed by atoms with Crippen LogP contribution < -0.4 is 0 Å². The number of fused-ring (bicyclic) bond motifs is 2. The molecular weight excluding hydrogens is 280 g/mol. The maximum absolute atomic E-state index is 12.6. The van der Waals surface area contributed by atoms with Gasteiger partial charge >= 0.3 is 0 Å². The lowest BCUT2D eigenvalue weighted by molar-refractivity contribution is -0.128. The number of thiocarbonyl (C=S) groups is 1. The Morgan fingerprint density at radius 3 is 3.00 bits per heavy atom. The van der Waals surface area contributed by atoms with Gasteiger partial charge in [0.15, 0.2) is 0 Å². The fraction of sp³-hybridized carbons (Fsp3) is 0.615. The van der Waals surface area contributed by atoms with Crippen molar-refractivity contribution in [1.29, 1.82) is 0 Å². The van der Waals surface area contributed by atoms with E-state index in [1.165, 1.54) is 5.57 Å². The van der Waals surface area contributed by atoms with E-state index in [2.05, 4.69) is 18.8 Å². The van der Waals surface area contributed by atoms with E-state index in [1.807, 2.05) is 6.92 Å². The third-order valence-electron chi connectivity index (χ3n) is 3.66. The Hall–Kier alpha value is -0.720. The lowest BCUT2D eigenvalue weighted by Crippen LogP contribution is -2.46. The Balaban J connectivity index is 2.00. The molecule has 0 spiro atoms. The van der Waals surface area contributed by atoms with Gasteiger partial charge in [-0.3, -0.25) is 9.69 Å². The molecule has 3 heterocycles. The molecular formula is C13H16N2O2S2. The van der Waals surface area contributed by atoms with Crippen LogP contribution in [-0.4, -0.2) is 39.7 Å². The van der Waals surface area contributed by atoms with Crippen molar-refractivity contribution in [2.24, 2.45) is 10.9 Å². The van der Waals surface area contributed by atoms with Gasteiger partial charge in [-0.15, -0.1) is 0 Å². The van der Waals surface area contributed by atoms with Gasteiger partial charge in [0, 0.05) is 11.4 Å². The van der Waals surface area contributed by atoms with Crippen LogP contribution in [0.5, 0.6) is 0 Å². The molecule has 0 aromatic rings. The zero-order valence-corrected chi connectivity index (χ0v) is 12.9. The molecule has 0 aromatic carbocycles. The smallest absolute Gasteiger partial charge is 0.242 e. The molecule has 4 nitrogen and oxygen atoms in total. The van der Waals surface area contributed by atoms with E-state index < -0.39 is 0 Å². The summed E-state index contributed by atoms with van der Waals surface area (Å²) in [6.07, 6.45) is 0.787. The Labute approximate surface area is 122 Å². The molecule has 1 unspecified atom stereocenters. The summed E-state index contributed by atoms with van der Waals surface area (Å²) in [5, 5.41) is 1.23. The summed E-state index contributed by atoms with van der Waals surface area (Å²) >= 11 is 6.76. The minimum Gasteiger partial charge on any atom is -0.370 e. The predicted molar refractivity (Wildman–Crippen MR) is 80.2 cm³/mol. The molecule has 0 aromatic heterocycles. The summed E-state index contributed by atoms with van der Waals surface area (Å²) in [6.45, 7) is 7.21. The monoisotopic (exact) mass is 296 g/mol. The number of ether oxygens (including phenoxy) is 1. The van der Waals surface area contributed by atoms with Crippen molar-refractivity contribution in [3.8, 4) is 0 Å². The Morgan fingerprint density at radius 1 is 1.58 bits per heavy atom. The fourth-order valence-electron chi connectivity index (χ4n) is 2.69. The summed E-state index contributed by atoms with van der Waals surface area (Å²) < 4.78 is 5.81. The van der Waals surface area contributed by atoms with Crippen molar-refractivity contribution in [1.82, 2.24) is 4.90 Å². The van der Waals surface area contributed by atoms with E-state index in [0.29, 0.717) is 18.3 Å². The zero-order chi connectivity index (χ0) is 13.8. The topological polar surface area (TPSA) is 41.9 Å². The van der Waals surface area contributed by atoms with Crippen molar-refractivity contribution in [2.75, 3.05) is 13.2 Å². The summed E-state index contributed by atoms with van der Waals surface area (Å²) in [5.74, 6) is -0.137. The average molecular weight is 296 g/mol. The third-order valence-corrected chi connectivity index (χ3v) is 5.13. The molecule has 0 saturated heterocycles. The lowest BCUT2D eigenvalue weighted by atomic mass is 9.86. The first-order chi connectivity index (χ1) is 8.93. The molecule has 0 aliphatic carbocycles. The second-order valence-corrected chi connectivity index (χ2v) is 7.00. The van der Waals surface area contributed by atoms with E-state index in [4.69, 9.17) is 17.0 Å². The Kier molecular flexibility index (Phi) is 3.07. The molecule has 0 N–H and O–H groups in total. The van der Waals surface area contributed by atoms with Crippen LogP contribution in [0.1, 0.15) is 27.2 Å². The molecule has 0 saturated carbocycles. The first-order valence-corrected chi connectivity index (χ1v) is 7.63. The maximum atomic E-state index is 12.6. The molecule has 3 aliphatic heterocycles. The highest BCUT2D eigenvalue weighted by Gasteiger charge is 2.46. The molecule has 3 aliphatic rings. The van der Waals surface area contributed by atoms with Gasteiger partial charge in [0.1, 0.15) is 5.92 Å². The molecule has 102 valence electrons. The van der Waals surface area contributed by atoms with Crippen LogP contribution in [0.25, 0.3) is 0 Å². The van der Waals surface area contributed by atoms with Gasteiger partial charge in [-0.1, -0.05) is 11.8 Å². The van der Waals surface area contributed by atoms with Crippen LogP contribution in [0.4, 0.5) is 0 Å². The zero-order valence-electron chi connectivity index (χ0n) is 11.2. The van der Waals surface area contributed by atoms with Crippen LogP contribution >= 0.6 is 24.0 Å². The number of rotatable bonds is 1. The number of carbonyl (C=O) groups excluding carboxylic acids is 1. The predicted octanol–water partition coefficient (Wildman–Crippen LogP) is 2.35. The van der Waals surface area contributed by atoms with Gasteiger partial charge in [0.25, 0.3) is 0 Å². The summed E-state index contributed by atoms with van der Waals surface area (Å²) in [4.78, 5) is 19.8. The normalized spacial score (nSPS) is 29.3. The quantitative estimate of drug-likeness (QED) is 0.697. The molecule has 0 fully saturated rings. The average Bonchev–Trinajstić information content (AvgIpc) is 2.65. The van der Waals surface area contributed by atoms with Crippen molar-refractivity contribution in [3.05, 3.63) is 10.5 Å². The van der Waals surface area contributed by atoms with Gasteiger partial charge < -0.3 is 4.74 Å². The van der Waals surface area contributed by atoms with Crippen LogP contribution in [0, 0.1) is 5.92 Å². The number of nitrogens with zero attached hydrogens (tertiary/aromatic N) is 2. The second-order valence-electron chi connectivity index (χ2n) is 5.52. The maximum Gasteiger partial charge on any atom is 0.242 e. The van der Waals surface area contributed by atoms with Crippen molar-refractivity contribution >= 4 is 40.0 Å². The minimum absolute atomic E-state index is 0.0766. The summed E-state index contributed by atoms with van der Waals surface area (Å²) in [6, 6.07) is 0. The van der Waals surface area contributed by atoms with Gasteiger partial charge in [-0.2, -0.15) is 0 Å². The van der Waals surface area contributed by atoms with Gasteiger partial charge in [0.2, 0.25) is 11.0 Å². The van der Waals surface area contributed by atoms with Crippen molar-refractivity contribution < 1.29 is 9.53 Å². The Morgan fingerprint density at radius 2 is 2.32 bits per heavy atom. The largest absolute Gasteiger partial charge is 0.370 e. The third kappa shape index (κ3) is 2.06. The summed E-state index contributed by atoms with van der Waals surface area (Å²) in [7, 11) is 0. The highest BCUT2D eigenvalue weighted by atomic mass is 32.2. The number of amides is 1. The van der Waals surface area contributed by atoms with E-state index >= 15 is 0 Å². The number of carbonyl (C=O) groups is 1. The van der Waals surface area contributed by atoms with Crippen LogP contribution in [0.3, 0.4) is 0 Å². The van der Waals surface area contributed by atoms with Crippen LogP contribution in [0.15, 0.2) is 15.5 Å². The molecule has 3 rings (SSSR count). The van der Waals surface area contributed by atoms with E-state index in [9.17, 15) is 4.79 Å². The van der Waals surface area contributed by atoms with Crippen LogP contribution in [-0.2, 0) is 9.53 Å². The van der Waals surface area contributed by atoms with Gasteiger partial charge in [-0.25, -0.2) is 4.99 Å². The number of hydrogen-bond donors (Lipinski definition) is 0. The number of hydrogen-bond acceptors (Lipinski definition) is 4. The highest BCUT2D eigenvalue weighted by molar-refractivity contribution is 8.17. The SMILES string of the molecule is CCN1C(=O)C2C(=NC1=S)SC1=C2CC(C)(C)OC1. The van der Waals surface area contributed by atoms with E-state index in [1.54, 1.807) is 16.7 Å². The van der Waals surface area contributed by atoms with Gasteiger partial charge in [-0.05, 0) is 45.0 Å². The van der Waals surface area contributed by atoms with E-state index in [-0.39, 0.29) is 17.4 Å². The minimum atomic E-state index is -0.213. The fourth-order valence-corrected chi connectivity index (χ4v) is 4.25. The molecule has 1 amide bonds. The molecule has 19 heavy (non-hydrogen) atoms. The van der Waals surface area contributed by atoms with Crippen LogP contribution in [0.2, 0.25) is 0 Å². The molecule has 1 atom stereocenters. The first kappa shape index (κ1) is 13.3. The van der Waals surface area contributed by atoms with Crippen molar-refractivity contribution in [3.63, 3.8) is 0 Å². The van der Waals surface area contributed by atoms with Crippen molar-refractivity contribution in [2.45, 2.75) is 32.8 Å². The number of thioether (sulfide) groups is 1. The highest BCUT2D eigenvalue weighted by Crippen LogP contribution is 2.47. The second kappa shape index (κ2) is 4.40. The lowest BCUT2D eigenvalue weighted by Gasteiger charge is -2.34. The number of aliphatic imine (C=N–C) groups is 1. The van der Waals surface area contributed by atoms with E-state index in [0.717, 1.165) is 16.4 Å². The summed E-state index contributed by atoms with van der Waals surface area (Å²) in [5.41, 5.74) is 0.982. The van der Waals surface area contributed by atoms with Gasteiger partial charge in [0.05, 0.1) is 17.3 Å². The molecule has 0 bridgehead atoms. The standard InChI is InChI=1S/C13H16N2O2S2/c1-4-15-11(16)9-7-5-13(2,3)17-6-8(7)19-10(9)14-12(15)18/h9H,4-6H2,1-3H3. The first-order valence-electron chi connectivity index (χ1n) is 6.40. The molecule has 6 heteroatoms.